The molecule has 0 unspecified atom stereocenters. The number of nitrogens with one attached hydrogen (secondary N) is 3. The molecular formula is C32H42N8O5. The third-order valence-corrected chi connectivity index (χ3v) is 6.04. The van der Waals surface area contributed by atoms with Gasteiger partial charge in [-0.3, -0.25) is 4.98 Å². The van der Waals surface area contributed by atoms with Crippen LogP contribution in [0.4, 0.5) is 21.2 Å². The van der Waals surface area contributed by atoms with Gasteiger partial charge >= 0.3 is 12.2 Å². The average molecular weight is 619 g/mol. The van der Waals surface area contributed by atoms with Crippen molar-refractivity contribution < 1.29 is 23.8 Å². The van der Waals surface area contributed by atoms with E-state index in [2.05, 4.69) is 36.0 Å². The number of pyridine rings is 2. The van der Waals surface area contributed by atoms with Gasteiger partial charge in [0.1, 0.15) is 34.7 Å². The molecule has 0 spiro atoms. The van der Waals surface area contributed by atoms with Gasteiger partial charge in [-0.05, 0) is 86.1 Å². The second-order valence-corrected chi connectivity index (χ2v) is 12.7. The van der Waals surface area contributed by atoms with Gasteiger partial charge in [0.2, 0.25) is 0 Å². The van der Waals surface area contributed by atoms with Crippen molar-refractivity contribution in [2.45, 2.75) is 79.6 Å². The number of carbonyl (C=O) groups excluding carboxylic acids is 2. The maximum absolute atomic E-state index is 12.4. The number of carbonyl (C=O) groups is 2. The van der Waals surface area contributed by atoms with Crippen molar-refractivity contribution in [3.05, 3.63) is 59.9 Å². The number of fused-ring (bicyclic) bond motifs is 1. The molecule has 3 N–H and O–H groups in total. The molecule has 0 saturated heterocycles. The third kappa shape index (κ3) is 10.1. The number of hydrogen-bond donors (Lipinski definition) is 3. The molecule has 13 nitrogen and oxygen atoms in total. The summed E-state index contributed by atoms with van der Waals surface area (Å²) in [6.07, 6.45) is 1.61. The van der Waals surface area contributed by atoms with Gasteiger partial charge in [0.25, 0.3) is 0 Å². The molecule has 4 aromatic rings. The Morgan fingerprint density at radius 3 is 2.09 bits per heavy atom. The molecule has 0 bridgehead atoms. The van der Waals surface area contributed by atoms with Crippen molar-refractivity contribution in [2.24, 2.45) is 0 Å². The first kappa shape index (κ1) is 33.0. The lowest BCUT2D eigenvalue weighted by atomic mass is 10.1. The molecule has 4 aromatic heterocycles. The monoisotopic (exact) mass is 618 g/mol. The molecule has 0 aliphatic rings. The Bertz CT molecular complexity index is 1620. The predicted octanol–water partition coefficient (Wildman–Crippen LogP) is 5.65. The summed E-state index contributed by atoms with van der Waals surface area (Å²) < 4.78 is 18.9. The maximum atomic E-state index is 12.4. The Hall–Kier alpha value is -4.94. The van der Waals surface area contributed by atoms with Crippen LogP contribution in [0.1, 0.15) is 58.8 Å². The lowest BCUT2D eigenvalue weighted by Crippen LogP contribution is -2.45. The maximum Gasteiger partial charge on any atom is 0.407 e. The second-order valence-electron chi connectivity index (χ2n) is 12.7. The van der Waals surface area contributed by atoms with Crippen LogP contribution in [0.3, 0.4) is 0 Å². The Morgan fingerprint density at radius 1 is 0.844 bits per heavy atom. The van der Waals surface area contributed by atoms with E-state index in [9.17, 15) is 9.59 Å². The Kier molecular flexibility index (Phi) is 9.79. The average Bonchev–Trinajstić information content (AvgIpc) is 3.29. The highest BCUT2D eigenvalue weighted by molar-refractivity contribution is 5.75. The van der Waals surface area contributed by atoms with E-state index in [4.69, 9.17) is 14.2 Å². The number of rotatable bonds is 9. The minimum Gasteiger partial charge on any atom is -0.484 e. The molecule has 4 heterocycles. The molecule has 0 aliphatic carbocycles. The first-order valence-electron chi connectivity index (χ1n) is 14.7. The lowest BCUT2D eigenvalue weighted by molar-refractivity contribution is 0.0475. The summed E-state index contributed by atoms with van der Waals surface area (Å²) in [5.41, 5.74) is 2.79. The highest BCUT2D eigenvalue weighted by atomic mass is 16.6. The molecule has 13 heteroatoms. The van der Waals surface area contributed by atoms with Crippen LogP contribution in [-0.2, 0) is 9.47 Å². The molecule has 0 aliphatic heterocycles. The first-order chi connectivity index (χ1) is 21.0. The number of nitrogens with zero attached hydrogens (tertiary/aromatic N) is 5. The molecule has 0 fully saturated rings. The van der Waals surface area contributed by atoms with Gasteiger partial charge in [-0.2, -0.15) is 5.10 Å². The van der Waals surface area contributed by atoms with Gasteiger partial charge < -0.3 is 30.2 Å². The Balaban J connectivity index is 1.58. The van der Waals surface area contributed by atoms with E-state index in [-0.39, 0.29) is 13.1 Å². The van der Waals surface area contributed by atoms with Gasteiger partial charge in [-0.15, -0.1) is 0 Å². The zero-order valence-corrected chi connectivity index (χ0v) is 27.3. The minimum absolute atomic E-state index is 0.0523. The summed E-state index contributed by atoms with van der Waals surface area (Å²) in [5.74, 6) is 2.44. The van der Waals surface area contributed by atoms with Crippen LogP contribution in [0.25, 0.3) is 16.6 Å². The lowest BCUT2D eigenvalue weighted by Gasteiger charge is -2.25. The number of ether oxygens (including phenoxy) is 3. The van der Waals surface area contributed by atoms with E-state index in [0.717, 1.165) is 28.0 Å². The van der Waals surface area contributed by atoms with Crippen molar-refractivity contribution in [1.29, 1.82) is 0 Å². The topological polar surface area (TPSA) is 154 Å². The van der Waals surface area contributed by atoms with E-state index < -0.39 is 29.5 Å². The number of alkyl carbamates (subject to hydrolysis) is 2. The molecule has 0 radical (unpaired) electrons. The van der Waals surface area contributed by atoms with Crippen LogP contribution in [-0.4, -0.2) is 67.1 Å². The van der Waals surface area contributed by atoms with Gasteiger partial charge in [-0.25, -0.2) is 24.1 Å². The summed E-state index contributed by atoms with van der Waals surface area (Å²) in [5, 5.41) is 13.3. The fourth-order valence-electron chi connectivity index (χ4n) is 4.36. The largest absolute Gasteiger partial charge is 0.484 e. The van der Waals surface area contributed by atoms with Gasteiger partial charge in [0, 0.05) is 35.3 Å². The number of hydrogen-bond acceptors (Lipinski definition) is 10. The molecule has 0 aromatic carbocycles. The van der Waals surface area contributed by atoms with Gasteiger partial charge in [0.05, 0.1) is 24.8 Å². The van der Waals surface area contributed by atoms with Crippen LogP contribution in [0, 0.1) is 20.8 Å². The fourth-order valence-corrected chi connectivity index (χ4v) is 4.36. The smallest absolute Gasteiger partial charge is 0.407 e. The molecule has 0 saturated carbocycles. The van der Waals surface area contributed by atoms with Gasteiger partial charge in [0.15, 0.2) is 5.82 Å². The van der Waals surface area contributed by atoms with Crippen LogP contribution >= 0.6 is 0 Å². The number of amides is 2. The minimum atomic E-state index is -0.678. The van der Waals surface area contributed by atoms with E-state index in [1.165, 1.54) is 0 Å². The standard InChI is InChI=1S/C32H42N8O5/c1-19-12-25(22-10-11-40-23(14-22)15-28(39-40)38-27-13-20(2)36-21(3)37-27)26(18-33-19)43-24(16-34-29(41)44-31(4,5)6)17-35-30(42)45-32(7,8)9/h10-15,18,24H,16-17H2,1-9H3,(H,34,41)(H,35,42)(H,36,37,38,39). The van der Waals surface area contributed by atoms with Crippen molar-refractivity contribution in [1.82, 2.24) is 35.2 Å². The second kappa shape index (κ2) is 13.4. The number of aryl methyl sites for hydroxylation is 3. The fraction of sp³-hybridized carbons (Fsp3) is 0.438. The van der Waals surface area contributed by atoms with E-state index in [1.54, 1.807) is 52.3 Å². The molecular weight excluding hydrogens is 576 g/mol. The molecule has 240 valence electrons. The van der Waals surface area contributed by atoms with Crippen LogP contribution in [0.5, 0.6) is 5.75 Å². The summed E-state index contributed by atoms with van der Waals surface area (Å²) in [6, 6.07) is 9.62. The van der Waals surface area contributed by atoms with Crippen molar-refractivity contribution in [3.63, 3.8) is 0 Å². The summed E-state index contributed by atoms with van der Waals surface area (Å²) in [6.45, 7) is 16.4. The van der Waals surface area contributed by atoms with E-state index in [1.807, 2.05) is 57.3 Å². The molecule has 0 atom stereocenters. The Morgan fingerprint density at radius 2 is 1.49 bits per heavy atom. The number of aromatic nitrogens is 5. The van der Waals surface area contributed by atoms with Crippen molar-refractivity contribution in [3.8, 4) is 16.9 Å². The highest BCUT2D eigenvalue weighted by Crippen LogP contribution is 2.32. The molecule has 2 amide bonds. The molecule has 45 heavy (non-hydrogen) atoms. The predicted molar refractivity (Wildman–Crippen MR) is 171 cm³/mol. The van der Waals surface area contributed by atoms with Gasteiger partial charge in [-0.1, -0.05) is 0 Å². The molecule has 4 rings (SSSR count). The summed E-state index contributed by atoms with van der Waals surface area (Å²) >= 11 is 0. The van der Waals surface area contributed by atoms with E-state index >= 15 is 0 Å². The van der Waals surface area contributed by atoms with Crippen LogP contribution in [0.2, 0.25) is 0 Å². The van der Waals surface area contributed by atoms with Crippen molar-refractivity contribution in [2.75, 3.05) is 18.4 Å². The third-order valence-electron chi connectivity index (χ3n) is 6.04. The summed E-state index contributed by atoms with van der Waals surface area (Å²) in [7, 11) is 0. The summed E-state index contributed by atoms with van der Waals surface area (Å²) in [4.78, 5) is 38.0. The van der Waals surface area contributed by atoms with Crippen LogP contribution < -0.4 is 20.7 Å². The first-order valence-corrected chi connectivity index (χ1v) is 14.7. The van der Waals surface area contributed by atoms with E-state index in [0.29, 0.717) is 23.2 Å². The normalized spacial score (nSPS) is 11.8. The van der Waals surface area contributed by atoms with Crippen molar-refractivity contribution >= 4 is 29.3 Å². The number of anilines is 2. The quantitative estimate of drug-likeness (QED) is 0.214. The zero-order chi connectivity index (χ0) is 32.9. The zero-order valence-electron chi connectivity index (χ0n) is 27.3. The van der Waals surface area contributed by atoms with Crippen LogP contribution in [0.15, 0.2) is 42.7 Å². The highest BCUT2D eigenvalue weighted by Gasteiger charge is 2.22. The SMILES string of the molecule is Cc1cc(-c2ccn3nc(Nc4cc(C)nc(C)n4)cc3c2)c(OC(CNC(=O)OC(C)(C)C)CNC(=O)OC(C)(C)C)cn1. The Labute approximate surface area is 263 Å².